The summed E-state index contributed by atoms with van der Waals surface area (Å²) in [4.78, 5) is 30.2. The van der Waals surface area contributed by atoms with Crippen LogP contribution in [-0.4, -0.2) is 79.2 Å². The van der Waals surface area contributed by atoms with Crippen LogP contribution in [0.25, 0.3) is 5.76 Å². The molecule has 1 fully saturated rings. The van der Waals surface area contributed by atoms with Crippen molar-refractivity contribution in [3.05, 3.63) is 52.6 Å². The number of aliphatic hydroxyl groups is 1. The van der Waals surface area contributed by atoms with Gasteiger partial charge in [0.15, 0.2) is 11.5 Å². The lowest BCUT2D eigenvalue weighted by Crippen LogP contribution is -2.38. The number of ether oxygens (including phenoxy) is 3. The van der Waals surface area contributed by atoms with Gasteiger partial charge < -0.3 is 34.2 Å². The molecule has 1 heterocycles. The van der Waals surface area contributed by atoms with Gasteiger partial charge in [0.1, 0.15) is 11.5 Å². The molecule has 0 spiro atoms. The van der Waals surface area contributed by atoms with Crippen molar-refractivity contribution in [2.45, 2.75) is 26.8 Å². The predicted octanol–water partition coefficient (Wildman–Crippen LogP) is 3.49. The second-order valence-corrected chi connectivity index (χ2v) is 8.50. The number of likely N-dealkylation sites (tertiary alicyclic amines) is 1. The smallest absolute Gasteiger partial charge is 0.295 e. The van der Waals surface area contributed by atoms with Crippen molar-refractivity contribution < 1.29 is 34.0 Å². The average molecular weight is 499 g/mol. The number of phenolic OH excluding ortho intramolecular Hbond substituents is 1. The Kier molecular flexibility index (Phi) is 8.47. The topological polar surface area (TPSA) is 109 Å². The fourth-order valence-electron chi connectivity index (χ4n) is 4.49. The molecule has 9 heteroatoms. The number of aliphatic hydroxyl groups excluding tert-OH is 1. The molecule has 0 radical (unpaired) electrons. The quantitative estimate of drug-likeness (QED) is 0.291. The molecule has 2 N–H and O–H groups in total. The third kappa shape index (κ3) is 4.97. The van der Waals surface area contributed by atoms with Gasteiger partial charge in [-0.15, -0.1) is 0 Å². The van der Waals surface area contributed by atoms with Gasteiger partial charge >= 0.3 is 0 Å². The van der Waals surface area contributed by atoms with Gasteiger partial charge in [-0.25, -0.2) is 0 Å². The number of carbonyl (C=O) groups is 2. The monoisotopic (exact) mass is 498 g/mol. The maximum atomic E-state index is 13.3. The van der Waals surface area contributed by atoms with E-state index in [-0.39, 0.29) is 23.4 Å². The van der Waals surface area contributed by atoms with E-state index < -0.39 is 23.5 Å². The molecule has 0 aliphatic carbocycles. The van der Waals surface area contributed by atoms with E-state index in [0.29, 0.717) is 29.4 Å². The van der Waals surface area contributed by atoms with Crippen LogP contribution in [-0.2, 0) is 9.59 Å². The highest BCUT2D eigenvalue weighted by Gasteiger charge is 2.46. The van der Waals surface area contributed by atoms with Gasteiger partial charge in [-0.2, -0.15) is 0 Å². The molecule has 1 unspecified atom stereocenters. The summed E-state index contributed by atoms with van der Waals surface area (Å²) >= 11 is 0. The largest absolute Gasteiger partial charge is 0.507 e. The van der Waals surface area contributed by atoms with Crippen LogP contribution in [0.5, 0.6) is 23.0 Å². The molecule has 194 valence electrons. The number of likely N-dealkylation sites (N-methyl/N-ethyl adjacent to an activating group) is 1. The molecule has 2 aromatic carbocycles. The molecule has 0 bridgehead atoms. The van der Waals surface area contributed by atoms with Crippen molar-refractivity contribution in [2.24, 2.45) is 0 Å². The highest BCUT2D eigenvalue weighted by Crippen LogP contribution is 2.46. The maximum Gasteiger partial charge on any atom is 0.295 e. The highest BCUT2D eigenvalue weighted by molar-refractivity contribution is 6.46. The average Bonchev–Trinajstić information content (AvgIpc) is 3.14. The number of rotatable bonds is 10. The van der Waals surface area contributed by atoms with Crippen LogP contribution in [0.15, 0.2) is 35.9 Å². The lowest BCUT2D eigenvalue weighted by molar-refractivity contribution is -0.140. The van der Waals surface area contributed by atoms with Gasteiger partial charge in [0.25, 0.3) is 11.7 Å². The van der Waals surface area contributed by atoms with Gasteiger partial charge in [-0.3, -0.25) is 9.59 Å². The van der Waals surface area contributed by atoms with Crippen LogP contribution in [0.2, 0.25) is 0 Å². The van der Waals surface area contributed by atoms with E-state index in [1.165, 1.54) is 32.3 Å². The summed E-state index contributed by atoms with van der Waals surface area (Å²) in [6.07, 6.45) is 0. The van der Waals surface area contributed by atoms with Crippen molar-refractivity contribution in [1.82, 2.24) is 9.80 Å². The van der Waals surface area contributed by atoms with Crippen molar-refractivity contribution in [2.75, 3.05) is 47.5 Å². The Hall–Kier alpha value is -3.72. The first-order chi connectivity index (χ1) is 17.2. The Morgan fingerprint density at radius 1 is 1.00 bits per heavy atom. The molecule has 36 heavy (non-hydrogen) atoms. The number of nitrogens with zero attached hydrogens (tertiary/aromatic N) is 2. The van der Waals surface area contributed by atoms with E-state index in [4.69, 9.17) is 14.2 Å². The number of amides is 1. The molecule has 3 rings (SSSR count). The minimum atomic E-state index is -0.936. The van der Waals surface area contributed by atoms with Gasteiger partial charge in [0, 0.05) is 13.1 Å². The number of Topliss-reactive ketones (excluding diaryl/α,β-unsaturated/α-hetero) is 1. The summed E-state index contributed by atoms with van der Waals surface area (Å²) in [7, 11) is 4.43. The van der Waals surface area contributed by atoms with E-state index >= 15 is 0 Å². The van der Waals surface area contributed by atoms with Gasteiger partial charge in [0.2, 0.25) is 5.75 Å². The van der Waals surface area contributed by atoms with Crippen molar-refractivity contribution in [3.8, 4) is 23.0 Å². The molecular formula is C27H34N2O7. The number of methoxy groups -OCH3 is 3. The first-order valence-corrected chi connectivity index (χ1v) is 11.8. The third-order valence-electron chi connectivity index (χ3n) is 6.50. The fourth-order valence-corrected chi connectivity index (χ4v) is 4.49. The minimum Gasteiger partial charge on any atom is -0.507 e. The number of carbonyl (C=O) groups excluding carboxylic acids is 2. The van der Waals surface area contributed by atoms with Crippen LogP contribution in [0.1, 0.15) is 36.6 Å². The minimum absolute atomic E-state index is 0.0779. The highest BCUT2D eigenvalue weighted by atomic mass is 16.5. The molecule has 0 aromatic heterocycles. The molecule has 9 nitrogen and oxygen atoms in total. The second kappa shape index (κ2) is 11.3. The van der Waals surface area contributed by atoms with Crippen molar-refractivity contribution in [1.29, 1.82) is 0 Å². The first kappa shape index (κ1) is 26.9. The molecule has 0 saturated carbocycles. The zero-order valence-electron chi connectivity index (χ0n) is 21.6. The molecule has 1 saturated heterocycles. The molecule has 1 aliphatic rings. The van der Waals surface area contributed by atoms with Crippen LogP contribution in [0.4, 0.5) is 0 Å². The van der Waals surface area contributed by atoms with E-state index in [1.807, 2.05) is 13.8 Å². The number of aryl methyl sites for hydroxylation is 1. The Balaban J connectivity index is 2.26. The SMILES string of the molecule is CCN(CC)CCN1C(=O)C(=O)/C(=C(/O)c2cc(C)ccc2O)C1c1cc(OC)c(OC)c(OC)c1. The Morgan fingerprint density at radius 3 is 2.14 bits per heavy atom. The normalized spacial score (nSPS) is 17.1. The lowest BCUT2D eigenvalue weighted by Gasteiger charge is -2.29. The van der Waals surface area contributed by atoms with Gasteiger partial charge in [-0.1, -0.05) is 25.5 Å². The van der Waals surface area contributed by atoms with Crippen LogP contribution in [0.3, 0.4) is 0 Å². The predicted molar refractivity (Wildman–Crippen MR) is 136 cm³/mol. The molecule has 2 aromatic rings. The first-order valence-electron chi connectivity index (χ1n) is 11.8. The summed E-state index contributed by atoms with van der Waals surface area (Å²) < 4.78 is 16.4. The Bertz CT molecular complexity index is 1150. The van der Waals surface area contributed by atoms with Crippen LogP contribution >= 0.6 is 0 Å². The standard InChI is InChI=1S/C27H34N2O7/c1-7-28(8-2)11-12-29-23(17-14-20(34-4)26(36-6)21(15-17)35-5)22(25(32)27(29)33)24(31)18-13-16(3)9-10-19(18)30/h9-10,13-15,23,30-31H,7-8,11-12H2,1-6H3/b24-22+. The Labute approximate surface area is 211 Å². The fraction of sp³-hybridized carbons (Fsp3) is 0.407. The second-order valence-electron chi connectivity index (χ2n) is 8.50. The maximum absolute atomic E-state index is 13.3. The number of phenols is 1. The molecular weight excluding hydrogens is 464 g/mol. The van der Waals surface area contributed by atoms with Crippen molar-refractivity contribution >= 4 is 17.4 Å². The van der Waals surface area contributed by atoms with E-state index in [1.54, 1.807) is 31.2 Å². The van der Waals surface area contributed by atoms with E-state index in [2.05, 4.69) is 4.90 Å². The summed E-state index contributed by atoms with van der Waals surface area (Å²) in [6.45, 7) is 8.21. The van der Waals surface area contributed by atoms with Crippen LogP contribution < -0.4 is 14.2 Å². The molecule has 1 aliphatic heterocycles. The third-order valence-corrected chi connectivity index (χ3v) is 6.50. The van der Waals surface area contributed by atoms with Gasteiger partial charge in [-0.05, 0) is 49.8 Å². The Morgan fingerprint density at radius 2 is 1.61 bits per heavy atom. The van der Waals surface area contributed by atoms with Crippen molar-refractivity contribution in [3.63, 3.8) is 0 Å². The zero-order valence-corrected chi connectivity index (χ0v) is 21.6. The number of hydrogen-bond acceptors (Lipinski definition) is 8. The zero-order chi connectivity index (χ0) is 26.6. The number of benzene rings is 2. The summed E-state index contributed by atoms with van der Waals surface area (Å²) in [5, 5.41) is 21.8. The molecule has 1 atom stereocenters. The number of hydrogen-bond donors (Lipinski definition) is 2. The van der Waals surface area contributed by atoms with E-state index in [0.717, 1.165) is 18.7 Å². The summed E-state index contributed by atoms with van der Waals surface area (Å²) in [5.74, 6) is -1.14. The summed E-state index contributed by atoms with van der Waals surface area (Å²) in [6, 6.07) is 7.08. The van der Waals surface area contributed by atoms with E-state index in [9.17, 15) is 19.8 Å². The number of aromatic hydroxyl groups is 1. The lowest BCUT2D eigenvalue weighted by atomic mass is 9.94. The summed E-state index contributed by atoms with van der Waals surface area (Å²) in [5.41, 5.74) is 1.23. The molecule has 1 amide bonds. The number of ketones is 1. The van der Waals surface area contributed by atoms with Crippen LogP contribution in [0, 0.1) is 6.92 Å². The van der Waals surface area contributed by atoms with Gasteiger partial charge in [0.05, 0.1) is 38.5 Å².